The van der Waals surface area contributed by atoms with Crippen molar-refractivity contribution in [2.45, 2.75) is 70.7 Å². The minimum Gasteiger partial charge on any atom is -0.480 e. The highest BCUT2D eigenvalue weighted by atomic mass is 19.4. The topological polar surface area (TPSA) is 137 Å². The van der Waals surface area contributed by atoms with E-state index in [2.05, 4.69) is 10.4 Å². The molecule has 1 amide bonds. The molecule has 0 unspecified atom stereocenters. The van der Waals surface area contributed by atoms with Crippen molar-refractivity contribution in [1.29, 1.82) is 0 Å². The standard InChI is InChI=1S/C25H29F3N4O5/c1-24(2)10-18-21(19(33)11-24)22(25(26,27)28)31-32(18)14-5-8-16(23(29)36)17(9-14)30-13-3-6-15(7-4-13)37-12-20(34)35/h5,8-9,13,15,30H,3-4,6-7,10-12H2,1-2H3,(H2,29,36)(H,34,35). The Labute approximate surface area is 211 Å². The van der Waals surface area contributed by atoms with Crippen molar-refractivity contribution in [2.75, 3.05) is 11.9 Å². The molecule has 2 aliphatic carbocycles. The van der Waals surface area contributed by atoms with Crippen molar-refractivity contribution < 1.29 is 37.4 Å². The van der Waals surface area contributed by atoms with Crippen molar-refractivity contribution in [1.82, 2.24) is 9.78 Å². The molecular formula is C25H29F3N4O5. The lowest BCUT2D eigenvalue weighted by Gasteiger charge is -2.30. The van der Waals surface area contributed by atoms with Crippen LogP contribution in [0.15, 0.2) is 18.2 Å². The molecule has 12 heteroatoms. The van der Waals surface area contributed by atoms with Gasteiger partial charge in [-0.1, -0.05) is 13.8 Å². The maximum atomic E-state index is 13.8. The second-order valence-electron chi connectivity index (χ2n) is 10.4. The Bertz CT molecular complexity index is 1230. The van der Waals surface area contributed by atoms with E-state index in [9.17, 15) is 27.6 Å². The smallest absolute Gasteiger partial charge is 0.435 e. The highest BCUT2D eigenvalue weighted by Crippen LogP contribution is 2.42. The van der Waals surface area contributed by atoms with Crippen LogP contribution in [0.5, 0.6) is 0 Å². The number of carbonyl (C=O) groups excluding carboxylic acids is 2. The zero-order chi connectivity index (χ0) is 27.1. The number of carboxylic acid groups (broad SMARTS) is 1. The number of primary amides is 1. The molecule has 0 saturated heterocycles. The number of nitrogens with zero attached hydrogens (tertiary/aromatic N) is 2. The van der Waals surface area contributed by atoms with Crippen LogP contribution in [0.3, 0.4) is 0 Å². The summed E-state index contributed by atoms with van der Waals surface area (Å²) in [5, 5.41) is 15.9. The molecule has 0 atom stereocenters. The Morgan fingerprint density at radius 3 is 2.49 bits per heavy atom. The zero-order valence-corrected chi connectivity index (χ0v) is 20.5. The fourth-order valence-electron chi connectivity index (χ4n) is 5.14. The number of nitrogens with two attached hydrogens (primary N) is 1. The molecule has 1 fully saturated rings. The summed E-state index contributed by atoms with van der Waals surface area (Å²) in [6, 6.07) is 4.32. The number of ketones is 1. The Morgan fingerprint density at radius 1 is 1.22 bits per heavy atom. The summed E-state index contributed by atoms with van der Waals surface area (Å²) >= 11 is 0. The lowest BCUT2D eigenvalue weighted by Crippen LogP contribution is -2.31. The van der Waals surface area contributed by atoms with Crippen LogP contribution in [0.2, 0.25) is 0 Å². The molecular weight excluding hydrogens is 493 g/mol. The van der Waals surface area contributed by atoms with Crippen molar-refractivity contribution in [3.8, 4) is 5.69 Å². The van der Waals surface area contributed by atoms with E-state index in [1.807, 2.05) is 13.8 Å². The minimum absolute atomic E-state index is 0.0129. The number of amides is 1. The second kappa shape index (κ2) is 9.81. The average molecular weight is 523 g/mol. The van der Waals surface area contributed by atoms with Crippen molar-refractivity contribution >= 4 is 23.3 Å². The molecule has 0 aliphatic heterocycles. The maximum Gasteiger partial charge on any atom is 0.435 e. The maximum absolute atomic E-state index is 13.8. The van der Waals surface area contributed by atoms with Crippen molar-refractivity contribution in [2.24, 2.45) is 11.1 Å². The molecule has 1 saturated carbocycles. The van der Waals surface area contributed by atoms with Gasteiger partial charge < -0.3 is 20.9 Å². The number of benzene rings is 1. The Balaban J connectivity index is 1.66. The summed E-state index contributed by atoms with van der Waals surface area (Å²) in [5.41, 5.74) is 4.36. The third kappa shape index (κ3) is 5.79. The molecule has 0 spiro atoms. The lowest BCUT2D eigenvalue weighted by atomic mass is 9.75. The third-order valence-corrected chi connectivity index (χ3v) is 6.80. The molecule has 0 radical (unpaired) electrons. The van der Waals surface area contributed by atoms with Gasteiger partial charge >= 0.3 is 12.1 Å². The van der Waals surface area contributed by atoms with Gasteiger partial charge in [0.15, 0.2) is 11.5 Å². The third-order valence-electron chi connectivity index (χ3n) is 6.80. The van der Waals surface area contributed by atoms with Crippen LogP contribution < -0.4 is 11.1 Å². The summed E-state index contributed by atoms with van der Waals surface area (Å²) in [7, 11) is 0. The van der Waals surface area contributed by atoms with Crippen molar-refractivity contribution in [3.05, 3.63) is 40.7 Å². The first-order chi connectivity index (χ1) is 17.2. The monoisotopic (exact) mass is 522 g/mol. The fourth-order valence-corrected chi connectivity index (χ4v) is 5.14. The van der Waals surface area contributed by atoms with Gasteiger partial charge in [0.05, 0.1) is 28.6 Å². The number of carbonyl (C=O) groups is 3. The van der Waals surface area contributed by atoms with Gasteiger partial charge in [-0.05, 0) is 55.7 Å². The molecule has 4 N–H and O–H groups in total. The number of Topliss-reactive ketones (excluding diaryl/α,β-unsaturated/α-hetero) is 1. The van der Waals surface area contributed by atoms with E-state index >= 15 is 0 Å². The van der Waals surface area contributed by atoms with Gasteiger partial charge in [-0.25, -0.2) is 9.48 Å². The molecule has 200 valence electrons. The van der Waals surface area contributed by atoms with E-state index in [1.54, 1.807) is 0 Å². The number of nitrogens with one attached hydrogen (secondary N) is 1. The van der Waals surface area contributed by atoms with E-state index in [0.29, 0.717) is 31.4 Å². The Hall–Kier alpha value is -3.41. The number of ether oxygens (including phenoxy) is 1. The number of halogens is 3. The molecule has 4 rings (SSSR count). The molecule has 1 aromatic heterocycles. The molecule has 2 aromatic rings. The summed E-state index contributed by atoms with van der Waals surface area (Å²) in [6.07, 6.45) is -2.31. The lowest BCUT2D eigenvalue weighted by molar-refractivity contribution is -0.145. The molecule has 1 heterocycles. The van der Waals surface area contributed by atoms with Gasteiger partial charge in [-0.2, -0.15) is 18.3 Å². The Morgan fingerprint density at radius 2 is 1.89 bits per heavy atom. The van der Waals surface area contributed by atoms with Gasteiger partial charge in [-0.3, -0.25) is 9.59 Å². The normalized spacial score (nSPS) is 21.4. The first-order valence-electron chi connectivity index (χ1n) is 12.0. The van der Waals surface area contributed by atoms with Crippen LogP contribution in [0, 0.1) is 5.41 Å². The van der Waals surface area contributed by atoms with E-state index in [0.717, 1.165) is 4.68 Å². The summed E-state index contributed by atoms with van der Waals surface area (Å²) in [6.45, 7) is 3.26. The number of carboxylic acids is 1. The summed E-state index contributed by atoms with van der Waals surface area (Å²) < 4.78 is 47.9. The van der Waals surface area contributed by atoms with Crippen LogP contribution in [-0.4, -0.2) is 51.3 Å². The van der Waals surface area contributed by atoms with Crippen molar-refractivity contribution in [3.63, 3.8) is 0 Å². The zero-order valence-electron chi connectivity index (χ0n) is 20.5. The van der Waals surface area contributed by atoms with Gasteiger partial charge in [0, 0.05) is 18.2 Å². The van der Waals surface area contributed by atoms with Gasteiger partial charge in [0.25, 0.3) is 5.91 Å². The van der Waals surface area contributed by atoms with E-state index < -0.39 is 40.5 Å². The van der Waals surface area contributed by atoms with Gasteiger partial charge in [0.1, 0.15) is 6.61 Å². The number of hydrogen-bond donors (Lipinski definition) is 3. The first-order valence-corrected chi connectivity index (χ1v) is 12.0. The SMILES string of the molecule is CC1(C)CC(=O)c2c(C(F)(F)F)nn(-c3ccc(C(N)=O)c(NC4CCC(OCC(=O)O)CC4)c3)c2C1. The minimum atomic E-state index is -4.80. The van der Waals surface area contributed by atoms with Crippen LogP contribution >= 0.6 is 0 Å². The number of fused-ring (bicyclic) bond motifs is 1. The first kappa shape index (κ1) is 26.6. The predicted octanol–water partition coefficient (Wildman–Crippen LogP) is 3.97. The predicted molar refractivity (Wildman–Crippen MR) is 127 cm³/mol. The number of hydrogen-bond acceptors (Lipinski definition) is 6. The molecule has 37 heavy (non-hydrogen) atoms. The van der Waals surface area contributed by atoms with Crippen LogP contribution in [-0.2, 0) is 22.1 Å². The summed E-state index contributed by atoms with van der Waals surface area (Å²) in [5.74, 6) is -2.34. The largest absolute Gasteiger partial charge is 0.480 e. The van der Waals surface area contributed by atoms with Gasteiger partial charge in [0.2, 0.25) is 0 Å². The molecule has 2 aliphatic rings. The number of aromatic nitrogens is 2. The molecule has 1 aromatic carbocycles. The average Bonchev–Trinajstić information content (AvgIpc) is 3.17. The highest BCUT2D eigenvalue weighted by Gasteiger charge is 2.45. The number of rotatable bonds is 7. The number of anilines is 1. The summed E-state index contributed by atoms with van der Waals surface area (Å²) in [4.78, 5) is 35.6. The van der Waals surface area contributed by atoms with Crippen LogP contribution in [0.1, 0.15) is 78.1 Å². The molecule has 9 nitrogen and oxygen atoms in total. The Kier molecular flexibility index (Phi) is 7.06. The number of alkyl halides is 3. The van der Waals surface area contributed by atoms with E-state index in [4.69, 9.17) is 15.6 Å². The van der Waals surface area contributed by atoms with E-state index in [1.165, 1.54) is 18.2 Å². The van der Waals surface area contributed by atoms with Crippen LogP contribution in [0.4, 0.5) is 18.9 Å². The quantitative estimate of drug-likeness (QED) is 0.501. The second-order valence-corrected chi connectivity index (χ2v) is 10.4. The molecule has 0 bridgehead atoms. The highest BCUT2D eigenvalue weighted by molar-refractivity contribution is 6.00. The fraction of sp³-hybridized carbons (Fsp3) is 0.520. The van der Waals surface area contributed by atoms with Gasteiger partial charge in [-0.15, -0.1) is 0 Å². The number of aliphatic carboxylic acids is 1. The van der Waals surface area contributed by atoms with E-state index in [-0.39, 0.29) is 48.5 Å². The van der Waals surface area contributed by atoms with Crippen LogP contribution in [0.25, 0.3) is 5.69 Å².